The zero-order valence-corrected chi connectivity index (χ0v) is 15.0. The van der Waals surface area contributed by atoms with Crippen LogP contribution in [0, 0.1) is 6.92 Å². The lowest BCUT2D eigenvalue weighted by atomic mass is 10.1. The van der Waals surface area contributed by atoms with Crippen molar-refractivity contribution in [3.05, 3.63) is 53.5 Å². The lowest BCUT2D eigenvalue weighted by Gasteiger charge is -2.21. The highest BCUT2D eigenvalue weighted by Gasteiger charge is 2.21. The summed E-state index contributed by atoms with van der Waals surface area (Å²) in [6, 6.07) is 7.76. The van der Waals surface area contributed by atoms with Crippen LogP contribution in [0.2, 0.25) is 0 Å². The summed E-state index contributed by atoms with van der Waals surface area (Å²) in [6.07, 6.45) is 1.47. The van der Waals surface area contributed by atoms with E-state index in [1.165, 1.54) is 23.3 Å². The molecule has 1 aromatic heterocycles. The lowest BCUT2D eigenvalue weighted by Crippen LogP contribution is -2.34. The highest BCUT2D eigenvalue weighted by atomic mass is 32.2. The summed E-state index contributed by atoms with van der Waals surface area (Å²) in [6.45, 7) is 4.04. The maximum atomic E-state index is 12.6. The minimum Gasteiger partial charge on any atom is -0.468 e. The van der Waals surface area contributed by atoms with Gasteiger partial charge in [0.15, 0.2) is 0 Å². The van der Waals surface area contributed by atoms with E-state index in [2.05, 4.69) is 4.72 Å². The van der Waals surface area contributed by atoms with Gasteiger partial charge in [-0.05, 0) is 43.7 Å². The highest BCUT2D eigenvalue weighted by molar-refractivity contribution is 7.89. The van der Waals surface area contributed by atoms with Crippen LogP contribution >= 0.6 is 0 Å². The largest absolute Gasteiger partial charge is 0.468 e. The number of amides is 1. The molecule has 0 saturated heterocycles. The second-order valence-corrected chi connectivity index (χ2v) is 7.26. The van der Waals surface area contributed by atoms with Gasteiger partial charge >= 0.3 is 0 Å². The Morgan fingerprint density at radius 2 is 2.08 bits per heavy atom. The van der Waals surface area contributed by atoms with E-state index in [0.29, 0.717) is 23.4 Å². The van der Waals surface area contributed by atoms with Crippen molar-refractivity contribution in [1.82, 2.24) is 9.62 Å². The van der Waals surface area contributed by atoms with Crippen LogP contribution in [0.1, 0.15) is 28.6 Å². The van der Waals surface area contributed by atoms with Crippen LogP contribution in [0.3, 0.4) is 0 Å². The van der Waals surface area contributed by atoms with Gasteiger partial charge in [0, 0.05) is 18.7 Å². The van der Waals surface area contributed by atoms with Gasteiger partial charge in [-0.2, -0.15) is 0 Å². The van der Waals surface area contributed by atoms with Crippen molar-refractivity contribution >= 4 is 15.9 Å². The highest BCUT2D eigenvalue weighted by Crippen LogP contribution is 2.18. The molecule has 0 spiro atoms. The number of carbonyl (C=O) groups is 1. The molecule has 0 radical (unpaired) electrons. The molecule has 0 unspecified atom stereocenters. The van der Waals surface area contributed by atoms with Crippen LogP contribution in [0.5, 0.6) is 0 Å². The van der Waals surface area contributed by atoms with E-state index in [1.807, 2.05) is 0 Å². The topological polar surface area (TPSA) is 99.9 Å². The number of rotatable bonds is 8. The molecule has 0 atom stereocenters. The van der Waals surface area contributed by atoms with Gasteiger partial charge in [0.1, 0.15) is 5.76 Å². The number of nitrogens with one attached hydrogen (secondary N) is 1. The first-order chi connectivity index (χ1) is 11.9. The van der Waals surface area contributed by atoms with E-state index in [-0.39, 0.29) is 30.5 Å². The Hall–Kier alpha value is -2.16. The molecule has 0 bridgehead atoms. The number of hydrogen-bond acceptors (Lipinski definition) is 5. The number of likely N-dealkylation sites (N-methyl/N-ethyl adjacent to an activating group) is 1. The molecule has 0 aliphatic rings. The molecule has 0 saturated carbocycles. The summed E-state index contributed by atoms with van der Waals surface area (Å²) in [4.78, 5) is 14.1. The van der Waals surface area contributed by atoms with Crippen molar-refractivity contribution in [3.8, 4) is 0 Å². The van der Waals surface area contributed by atoms with Crippen LogP contribution in [-0.2, 0) is 16.6 Å². The summed E-state index contributed by atoms with van der Waals surface area (Å²) >= 11 is 0. The number of nitrogens with zero attached hydrogens (tertiary/aromatic N) is 1. The number of benzene rings is 1. The number of carbonyl (C=O) groups excluding carboxylic acids is 1. The van der Waals surface area contributed by atoms with Crippen molar-refractivity contribution < 1.29 is 22.7 Å². The molecule has 8 heteroatoms. The fourth-order valence-corrected chi connectivity index (χ4v) is 3.37. The van der Waals surface area contributed by atoms with Crippen molar-refractivity contribution in [3.63, 3.8) is 0 Å². The molecule has 1 heterocycles. The van der Waals surface area contributed by atoms with Crippen molar-refractivity contribution in [1.29, 1.82) is 0 Å². The lowest BCUT2D eigenvalue weighted by molar-refractivity contribution is 0.0731. The van der Waals surface area contributed by atoms with E-state index >= 15 is 0 Å². The first kappa shape index (κ1) is 19.2. The standard InChI is InChI=1S/C17H22N2O5S/c1-3-19(8-9-20)17(21)16-11-15(7-6-13(16)2)25(22,23)18-12-14-5-4-10-24-14/h4-7,10-11,18,20H,3,8-9,12H2,1-2H3. The monoisotopic (exact) mass is 366 g/mol. The number of furan rings is 1. The van der Waals surface area contributed by atoms with Gasteiger partial charge in [-0.25, -0.2) is 13.1 Å². The van der Waals surface area contributed by atoms with E-state index in [9.17, 15) is 13.2 Å². The predicted octanol–water partition coefficient (Wildman–Crippen LogP) is 1.52. The summed E-state index contributed by atoms with van der Waals surface area (Å²) in [5, 5.41) is 9.07. The quantitative estimate of drug-likeness (QED) is 0.738. The molecule has 1 aromatic carbocycles. The zero-order chi connectivity index (χ0) is 18.4. The number of aliphatic hydroxyl groups excluding tert-OH is 1. The molecule has 0 fully saturated rings. The van der Waals surface area contributed by atoms with Gasteiger partial charge in [-0.15, -0.1) is 0 Å². The molecule has 136 valence electrons. The van der Waals surface area contributed by atoms with Crippen LogP contribution in [0.4, 0.5) is 0 Å². The molecule has 1 amide bonds. The van der Waals surface area contributed by atoms with Gasteiger partial charge < -0.3 is 14.4 Å². The maximum absolute atomic E-state index is 12.6. The molecular formula is C17H22N2O5S. The SMILES string of the molecule is CCN(CCO)C(=O)c1cc(S(=O)(=O)NCc2ccco2)ccc1C. The fraction of sp³-hybridized carbons (Fsp3) is 0.353. The fourth-order valence-electron chi connectivity index (χ4n) is 2.36. The van der Waals surface area contributed by atoms with Crippen molar-refractivity contribution in [2.45, 2.75) is 25.3 Å². The van der Waals surface area contributed by atoms with Gasteiger partial charge in [-0.3, -0.25) is 4.79 Å². The number of hydrogen-bond donors (Lipinski definition) is 2. The van der Waals surface area contributed by atoms with E-state index < -0.39 is 10.0 Å². The van der Waals surface area contributed by atoms with E-state index in [1.54, 1.807) is 32.0 Å². The number of aliphatic hydroxyl groups is 1. The molecule has 2 rings (SSSR count). The summed E-state index contributed by atoms with van der Waals surface area (Å²) in [5.74, 6) is 0.184. The van der Waals surface area contributed by atoms with Crippen LogP contribution in [0.25, 0.3) is 0 Å². The molecule has 25 heavy (non-hydrogen) atoms. The summed E-state index contributed by atoms with van der Waals surface area (Å²) in [5.41, 5.74) is 0.975. The minimum absolute atomic E-state index is 0.00746. The Morgan fingerprint density at radius 3 is 2.68 bits per heavy atom. The molecule has 7 nitrogen and oxygen atoms in total. The third-order valence-corrected chi connectivity index (χ3v) is 5.20. The minimum atomic E-state index is -3.78. The Kier molecular flexibility index (Phi) is 6.35. The Labute approximate surface area is 147 Å². The van der Waals surface area contributed by atoms with Crippen LogP contribution in [0.15, 0.2) is 45.9 Å². The predicted molar refractivity (Wildman–Crippen MR) is 92.6 cm³/mol. The Balaban J connectivity index is 2.26. The molecule has 2 aromatic rings. The van der Waals surface area contributed by atoms with E-state index in [0.717, 1.165) is 0 Å². The molecular weight excluding hydrogens is 344 g/mol. The second-order valence-electron chi connectivity index (χ2n) is 5.49. The zero-order valence-electron chi connectivity index (χ0n) is 14.2. The van der Waals surface area contributed by atoms with Crippen molar-refractivity contribution in [2.24, 2.45) is 0 Å². The summed E-state index contributed by atoms with van der Waals surface area (Å²) < 4.78 is 32.5. The van der Waals surface area contributed by atoms with Gasteiger partial charge in [0.25, 0.3) is 5.91 Å². The van der Waals surface area contributed by atoms with Gasteiger partial charge in [-0.1, -0.05) is 6.07 Å². The average molecular weight is 366 g/mol. The van der Waals surface area contributed by atoms with Crippen LogP contribution < -0.4 is 4.72 Å². The second kappa shape index (κ2) is 8.28. The molecule has 0 aliphatic heterocycles. The third kappa shape index (κ3) is 4.68. The third-order valence-electron chi connectivity index (χ3n) is 3.81. The Morgan fingerprint density at radius 1 is 1.32 bits per heavy atom. The maximum Gasteiger partial charge on any atom is 0.254 e. The first-order valence-electron chi connectivity index (χ1n) is 7.92. The average Bonchev–Trinajstić information content (AvgIpc) is 3.11. The van der Waals surface area contributed by atoms with Gasteiger partial charge in [0.05, 0.1) is 24.3 Å². The normalized spacial score (nSPS) is 11.5. The first-order valence-corrected chi connectivity index (χ1v) is 9.40. The van der Waals surface area contributed by atoms with Gasteiger partial charge in [0.2, 0.25) is 10.0 Å². The Bertz CT molecular complexity index is 816. The van der Waals surface area contributed by atoms with Crippen LogP contribution in [-0.4, -0.2) is 44.0 Å². The summed E-state index contributed by atoms with van der Waals surface area (Å²) in [7, 11) is -3.78. The molecule has 0 aliphatic carbocycles. The number of aryl methyl sites for hydroxylation is 1. The smallest absolute Gasteiger partial charge is 0.254 e. The van der Waals surface area contributed by atoms with E-state index in [4.69, 9.17) is 9.52 Å². The molecule has 2 N–H and O–H groups in total. The number of sulfonamides is 1. The van der Waals surface area contributed by atoms with Crippen molar-refractivity contribution in [2.75, 3.05) is 19.7 Å².